The summed E-state index contributed by atoms with van der Waals surface area (Å²) in [4.78, 5) is 14.1. The molecule has 0 radical (unpaired) electrons. The molecule has 116 valence electrons. The minimum absolute atomic E-state index is 0.184. The molecule has 1 aromatic carbocycles. The number of piperidine rings is 1. The molecule has 1 atom stereocenters. The third-order valence-corrected chi connectivity index (χ3v) is 3.79. The zero-order chi connectivity index (χ0) is 15.6. The third-order valence-electron chi connectivity index (χ3n) is 3.79. The summed E-state index contributed by atoms with van der Waals surface area (Å²) in [7, 11) is 0. The maximum absolute atomic E-state index is 12.2. The van der Waals surface area contributed by atoms with Gasteiger partial charge in [-0.15, -0.1) is 0 Å². The molecule has 0 saturated carbocycles. The van der Waals surface area contributed by atoms with Crippen LogP contribution in [0, 0.1) is 13.8 Å². The van der Waals surface area contributed by atoms with Gasteiger partial charge in [-0.3, -0.25) is 0 Å². The Balaban J connectivity index is 2.08. The van der Waals surface area contributed by atoms with Crippen LogP contribution in [-0.2, 0) is 4.74 Å². The second-order valence-electron chi connectivity index (χ2n) is 7.19. The van der Waals surface area contributed by atoms with Crippen LogP contribution >= 0.6 is 0 Å². The number of likely N-dealkylation sites (tertiary alicyclic amines) is 1. The molecule has 1 heterocycles. The van der Waals surface area contributed by atoms with Gasteiger partial charge in [-0.1, -0.05) is 29.3 Å². The SMILES string of the molecule is Cc1cc(C)cc(C2CCCN(C(=O)OC(C)(C)C)C2)c1. The highest BCUT2D eigenvalue weighted by Crippen LogP contribution is 2.29. The molecular weight excluding hydrogens is 262 g/mol. The summed E-state index contributed by atoms with van der Waals surface area (Å²) in [6.07, 6.45) is 2.00. The number of ether oxygens (including phenoxy) is 1. The van der Waals surface area contributed by atoms with Crippen molar-refractivity contribution < 1.29 is 9.53 Å². The predicted octanol–water partition coefficient (Wildman–Crippen LogP) is 4.42. The first kappa shape index (κ1) is 15.9. The number of carbonyl (C=O) groups excluding carboxylic acids is 1. The van der Waals surface area contributed by atoms with E-state index >= 15 is 0 Å². The first-order chi connectivity index (χ1) is 9.74. The zero-order valence-corrected chi connectivity index (χ0v) is 13.9. The molecule has 1 aromatic rings. The molecule has 0 N–H and O–H groups in total. The molecule has 3 nitrogen and oxygen atoms in total. The Kier molecular flexibility index (Phi) is 4.60. The van der Waals surface area contributed by atoms with E-state index in [4.69, 9.17) is 4.74 Å². The molecule has 3 heteroatoms. The quantitative estimate of drug-likeness (QED) is 0.766. The number of nitrogens with zero attached hydrogens (tertiary/aromatic N) is 1. The lowest BCUT2D eigenvalue weighted by atomic mass is 9.89. The Labute approximate surface area is 128 Å². The van der Waals surface area contributed by atoms with Crippen molar-refractivity contribution in [2.75, 3.05) is 13.1 Å². The smallest absolute Gasteiger partial charge is 0.410 e. The minimum Gasteiger partial charge on any atom is -0.444 e. The van der Waals surface area contributed by atoms with Crippen LogP contribution in [0.2, 0.25) is 0 Å². The van der Waals surface area contributed by atoms with Crippen molar-refractivity contribution in [1.29, 1.82) is 0 Å². The summed E-state index contributed by atoms with van der Waals surface area (Å²) in [6, 6.07) is 6.68. The van der Waals surface area contributed by atoms with Gasteiger partial charge in [-0.2, -0.15) is 0 Å². The fourth-order valence-corrected chi connectivity index (χ4v) is 2.99. The van der Waals surface area contributed by atoms with Crippen molar-refractivity contribution in [1.82, 2.24) is 4.90 Å². The van der Waals surface area contributed by atoms with Crippen molar-refractivity contribution in [2.45, 2.75) is 59.0 Å². The molecule has 0 spiro atoms. The largest absolute Gasteiger partial charge is 0.444 e. The van der Waals surface area contributed by atoms with E-state index in [1.807, 2.05) is 25.7 Å². The second kappa shape index (κ2) is 6.08. The van der Waals surface area contributed by atoms with Gasteiger partial charge < -0.3 is 9.64 Å². The van der Waals surface area contributed by atoms with Crippen molar-refractivity contribution in [3.05, 3.63) is 34.9 Å². The van der Waals surface area contributed by atoms with Gasteiger partial charge in [0.15, 0.2) is 0 Å². The van der Waals surface area contributed by atoms with Crippen LogP contribution < -0.4 is 0 Å². The predicted molar refractivity (Wildman–Crippen MR) is 85.7 cm³/mol. The third kappa shape index (κ3) is 4.48. The van der Waals surface area contributed by atoms with E-state index in [0.717, 1.165) is 25.9 Å². The van der Waals surface area contributed by atoms with Gasteiger partial charge in [-0.05, 0) is 53.0 Å². The average Bonchev–Trinajstić information content (AvgIpc) is 2.36. The molecule has 0 aromatic heterocycles. The molecule has 2 rings (SSSR count). The maximum Gasteiger partial charge on any atom is 0.410 e. The van der Waals surface area contributed by atoms with Gasteiger partial charge in [-0.25, -0.2) is 4.79 Å². The zero-order valence-electron chi connectivity index (χ0n) is 13.9. The van der Waals surface area contributed by atoms with Crippen LogP contribution in [0.5, 0.6) is 0 Å². The van der Waals surface area contributed by atoms with Crippen LogP contribution in [0.25, 0.3) is 0 Å². The van der Waals surface area contributed by atoms with Crippen molar-refractivity contribution in [3.63, 3.8) is 0 Å². The molecule has 0 bridgehead atoms. The average molecular weight is 289 g/mol. The minimum atomic E-state index is -0.427. The second-order valence-corrected chi connectivity index (χ2v) is 7.19. The fourth-order valence-electron chi connectivity index (χ4n) is 2.99. The number of carbonyl (C=O) groups is 1. The number of rotatable bonds is 1. The summed E-state index contributed by atoms with van der Waals surface area (Å²) in [5.41, 5.74) is 3.50. The van der Waals surface area contributed by atoms with Crippen LogP contribution in [0.3, 0.4) is 0 Å². The summed E-state index contributed by atoms with van der Waals surface area (Å²) < 4.78 is 5.50. The summed E-state index contributed by atoms with van der Waals surface area (Å²) >= 11 is 0. The summed E-state index contributed by atoms with van der Waals surface area (Å²) in [5, 5.41) is 0. The van der Waals surface area contributed by atoms with Crippen molar-refractivity contribution in [3.8, 4) is 0 Å². The van der Waals surface area contributed by atoms with Crippen LogP contribution in [-0.4, -0.2) is 29.7 Å². The highest BCUT2D eigenvalue weighted by Gasteiger charge is 2.28. The van der Waals surface area contributed by atoms with E-state index < -0.39 is 5.60 Å². The fraction of sp³-hybridized carbons (Fsp3) is 0.611. The van der Waals surface area contributed by atoms with Crippen LogP contribution in [0.4, 0.5) is 4.79 Å². The van der Waals surface area contributed by atoms with Crippen LogP contribution in [0.15, 0.2) is 18.2 Å². The first-order valence-corrected chi connectivity index (χ1v) is 7.81. The van der Waals surface area contributed by atoms with E-state index in [9.17, 15) is 4.79 Å². The molecule has 1 unspecified atom stereocenters. The Morgan fingerprint density at radius 2 is 1.81 bits per heavy atom. The Morgan fingerprint density at radius 3 is 2.38 bits per heavy atom. The number of hydrogen-bond acceptors (Lipinski definition) is 2. The molecule has 1 fully saturated rings. The van der Waals surface area contributed by atoms with Crippen molar-refractivity contribution >= 4 is 6.09 Å². The molecule has 1 aliphatic rings. The molecular formula is C18H27NO2. The van der Waals surface area contributed by atoms with Crippen molar-refractivity contribution in [2.24, 2.45) is 0 Å². The molecule has 21 heavy (non-hydrogen) atoms. The van der Waals surface area contributed by atoms with Crippen LogP contribution in [0.1, 0.15) is 56.2 Å². The van der Waals surface area contributed by atoms with E-state index in [1.165, 1.54) is 16.7 Å². The number of benzene rings is 1. The Morgan fingerprint density at radius 1 is 1.19 bits per heavy atom. The summed E-state index contributed by atoms with van der Waals surface area (Å²) in [6.45, 7) is 11.6. The normalized spacial score (nSPS) is 19.5. The highest BCUT2D eigenvalue weighted by atomic mass is 16.6. The molecule has 1 saturated heterocycles. The van der Waals surface area contributed by atoms with E-state index in [-0.39, 0.29) is 6.09 Å². The van der Waals surface area contributed by atoms with E-state index in [2.05, 4.69) is 32.0 Å². The lowest BCUT2D eigenvalue weighted by Gasteiger charge is -2.34. The monoisotopic (exact) mass is 289 g/mol. The topological polar surface area (TPSA) is 29.5 Å². The molecule has 0 aliphatic carbocycles. The first-order valence-electron chi connectivity index (χ1n) is 7.81. The number of hydrogen-bond donors (Lipinski definition) is 0. The van der Waals surface area contributed by atoms with Gasteiger partial charge in [0.05, 0.1) is 0 Å². The van der Waals surface area contributed by atoms with Gasteiger partial charge in [0.2, 0.25) is 0 Å². The Hall–Kier alpha value is -1.51. The van der Waals surface area contributed by atoms with E-state index in [0.29, 0.717) is 5.92 Å². The van der Waals surface area contributed by atoms with Gasteiger partial charge in [0, 0.05) is 19.0 Å². The van der Waals surface area contributed by atoms with Gasteiger partial charge >= 0.3 is 6.09 Å². The Bertz CT molecular complexity index is 496. The van der Waals surface area contributed by atoms with Gasteiger partial charge in [0.25, 0.3) is 0 Å². The number of amides is 1. The molecule has 1 aliphatic heterocycles. The molecule has 1 amide bonds. The lowest BCUT2D eigenvalue weighted by Crippen LogP contribution is -2.42. The number of aryl methyl sites for hydroxylation is 2. The maximum atomic E-state index is 12.2. The summed E-state index contributed by atoms with van der Waals surface area (Å²) in [5.74, 6) is 0.421. The standard InChI is InChI=1S/C18H27NO2/c1-13-9-14(2)11-16(10-13)15-7-6-8-19(12-15)17(20)21-18(3,4)5/h9-11,15H,6-8,12H2,1-5H3. The highest BCUT2D eigenvalue weighted by molar-refractivity contribution is 5.68. The van der Waals surface area contributed by atoms with Gasteiger partial charge in [0.1, 0.15) is 5.60 Å². The lowest BCUT2D eigenvalue weighted by molar-refractivity contribution is 0.0198. The van der Waals surface area contributed by atoms with E-state index in [1.54, 1.807) is 0 Å².